The second-order valence-corrected chi connectivity index (χ2v) is 6.97. The second kappa shape index (κ2) is 7.30. The molecule has 0 atom stereocenters. The zero-order chi connectivity index (χ0) is 18.6. The normalized spacial score (nSPS) is 11.5. The van der Waals surface area contributed by atoms with Gasteiger partial charge in [-0.3, -0.25) is 14.9 Å². The Morgan fingerprint density at radius 2 is 1.76 bits per heavy atom. The summed E-state index contributed by atoms with van der Waals surface area (Å²) < 4.78 is 0. The molecular formula is C20H22N2O3. The molecule has 0 saturated carbocycles. The van der Waals surface area contributed by atoms with Crippen molar-refractivity contribution in [2.75, 3.05) is 5.32 Å². The molecule has 25 heavy (non-hydrogen) atoms. The predicted octanol–water partition coefficient (Wildman–Crippen LogP) is 4.85. The van der Waals surface area contributed by atoms with Crippen LogP contribution >= 0.6 is 0 Å². The summed E-state index contributed by atoms with van der Waals surface area (Å²) in [5.74, 6) is -0.410. The first-order valence-corrected chi connectivity index (χ1v) is 8.01. The van der Waals surface area contributed by atoms with Crippen molar-refractivity contribution in [3.63, 3.8) is 0 Å². The third-order valence-corrected chi connectivity index (χ3v) is 3.81. The lowest BCUT2D eigenvalue weighted by Gasteiger charge is -2.18. The van der Waals surface area contributed by atoms with E-state index in [-0.39, 0.29) is 16.8 Å². The minimum Gasteiger partial charge on any atom is -0.317 e. The minimum absolute atomic E-state index is 0.0734. The van der Waals surface area contributed by atoms with E-state index in [0.717, 1.165) is 11.1 Å². The first kappa shape index (κ1) is 18.4. The van der Waals surface area contributed by atoms with Gasteiger partial charge in [-0.2, -0.15) is 0 Å². The molecule has 130 valence electrons. The van der Waals surface area contributed by atoms with Gasteiger partial charge < -0.3 is 5.32 Å². The maximum atomic E-state index is 12.1. The van der Waals surface area contributed by atoms with E-state index in [1.54, 1.807) is 19.1 Å². The van der Waals surface area contributed by atoms with Gasteiger partial charge in [0, 0.05) is 12.1 Å². The lowest BCUT2D eigenvalue weighted by atomic mass is 9.87. The number of nitrogens with one attached hydrogen (secondary N) is 1. The van der Waals surface area contributed by atoms with Crippen LogP contribution in [-0.4, -0.2) is 10.8 Å². The Labute approximate surface area is 147 Å². The third-order valence-electron chi connectivity index (χ3n) is 3.81. The van der Waals surface area contributed by atoms with Crippen molar-refractivity contribution in [1.29, 1.82) is 0 Å². The minimum atomic E-state index is -0.502. The van der Waals surface area contributed by atoms with E-state index in [9.17, 15) is 14.9 Å². The quantitative estimate of drug-likeness (QED) is 0.492. The molecule has 0 aliphatic carbocycles. The highest BCUT2D eigenvalue weighted by atomic mass is 16.6. The summed E-state index contributed by atoms with van der Waals surface area (Å²) in [4.78, 5) is 22.6. The summed E-state index contributed by atoms with van der Waals surface area (Å²) in [5, 5.41) is 13.6. The Balaban J connectivity index is 2.10. The number of nitrogens with zero attached hydrogens (tertiary/aromatic N) is 1. The number of benzene rings is 2. The van der Waals surface area contributed by atoms with Gasteiger partial charge in [0.2, 0.25) is 5.91 Å². The summed E-state index contributed by atoms with van der Waals surface area (Å²) in [7, 11) is 0. The van der Waals surface area contributed by atoms with Crippen molar-refractivity contribution in [2.24, 2.45) is 0 Å². The van der Waals surface area contributed by atoms with Gasteiger partial charge in [-0.1, -0.05) is 51.1 Å². The third kappa shape index (κ3) is 5.01. The molecule has 0 bridgehead atoms. The molecule has 0 aromatic heterocycles. The highest BCUT2D eigenvalue weighted by Gasteiger charge is 2.15. The lowest BCUT2D eigenvalue weighted by molar-refractivity contribution is -0.384. The van der Waals surface area contributed by atoms with Crippen LogP contribution in [0.3, 0.4) is 0 Å². The largest absolute Gasteiger partial charge is 0.317 e. The van der Waals surface area contributed by atoms with Crippen LogP contribution < -0.4 is 5.32 Å². The van der Waals surface area contributed by atoms with Gasteiger partial charge in [0.1, 0.15) is 5.69 Å². The molecule has 1 amide bonds. The van der Waals surface area contributed by atoms with Crippen molar-refractivity contribution in [1.82, 2.24) is 0 Å². The molecule has 0 aliphatic heterocycles. The van der Waals surface area contributed by atoms with Crippen molar-refractivity contribution < 1.29 is 9.72 Å². The van der Waals surface area contributed by atoms with E-state index < -0.39 is 10.8 Å². The molecule has 0 radical (unpaired) electrons. The van der Waals surface area contributed by atoms with Crippen LogP contribution in [0.15, 0.2) is 48.5 Å². The average Bonchev–Trinajstić information content (AvgIpc) is 2.54. The molecule has 2 aromatic carbocycles. The highest BCUT2D eigenvalue weighted by molar-refractivity contribution is 6.03. The molecule has 2 aromatic rings. The van der Waals surface area contributed by atoms with Crippen LogP contribution in [0.4, 0.5) is 11.4 Å². The van der Waals surface area contributed by atoms with Gasteiger partial charge in [-0.15, -0.1) is 0 Å². The fourth-order valence-electron chi connectivity index (χ4n) is 2.34. The molecule has 0 heterocycles. The van der Waals surface area contributed by atoms with Crippen LogP contribution in [0.25, 0.3) is 6.08 Å². The number of hydrogen-bond acceptors (Lipinski definition) is 3. The Morgan fingerprint density at radius 3 is 2.32 bits per heavy atom. The first-order chi connectivity index (χ1) is 11.7. The summed E-state index contributed by atoms with van der Waals surface area (Å²) in [6.07, 6.45) is 3.05. The lowest BCUT2D eigenvalue weighted by Crippen LogP contribution is -2.10. The van der Waals surface area contributed by atoms with Crippen molar-refractivity contribution in [3.8, 4) is 0 Å². The van der Waals surface area contributed by atoms with Crippen molar-refractivity contribution in [3.05, 3.63) is 75.3 Å². The average molecular weight is 338 g/mol. The zero-order valence-corrected chi connectivity index (χ0v) is 14.9. The molecule has 5 nitrogen and oxygen atoms in total. The van der Waals surface area contributed by atoms with Gasteiger partial charge >= 0.3 is 0 Å². The maximum absolute atomic E-state index is 12.1. The van der Waals surface area contributed by atoms with Crippen LogP contribution in [0.1, 0.15) is 37.5 Å². The fraction of sp³-hybridized carbons (Fsp3) is 0.250. The van der Waals surface area contributed by atoms with Crippen molar-refractivity contribution >= 4 is 23.4 Å². The number of carbonyl (C=O) groups excluding carboxylic acids is 1. The van der Waals surface area contributed by atoms with E-state index in [1.165, 1.54) is 23.8 Å². The van der Waals surface area contributed by atoms with E-state index in [4.69, 9.17) is 0 Å². The summed E-state index contributed by atoms with van der Waals surface area (Å²) >= 11 is 0. The van der Waals surface area contributed by atoms with E-state index >= 15 is 0 Å². The van der Waals surface area contributed by atoms with Gasteiger partial charge in [-0.25, -0.2) is 0 Å². The number of hydrogen-bond donors (Lipinski definition) is 1. The molecule has 0 spiro atoms. The van der Waals surface area contributed by atoms with E-state index in [1.807, 2.05) is 24.3 Å². The number of aryl methyl sites for hydroxylation is 1. The van der Waals surface area contributed by atoms with E-state index in [2.05, 4.69) is 26.1 Å². The molecular weight excluding hydrogens is 316 g/mol. The number of nitro groups is 1. The molecule has 2 rings (SSSR count). The zero-order valence-electron chi connectivity index (χ0n) is 14.9. The predicted molar refractivity (Wildman–Crippen MR) is 101 cm³/mol. The van der Waals surface area contributed by atoms with E-state index in [0.29, 0.717) is 0 Å². The Hall–Kier alpha value is -2.95. The first-order valence-electron chi connectivity index (χ1n) is 8.01. The molecule has 5 heteroatoms. The molecule has 0 fully saturated rings. The van der Waals surface area contributed by atoms with Gasteiger partial charge in [0.05, 0.1) is 4.92 Å². The van der Waals surface area contributed by atoms with Gasteiger partial charge in [0.25, 0.3) is 5.69 Å². The summed E-state index contributed by atoms with van der Waals surface area (Å²) in [6.45, 7) is 8.18. The van der Waals surface area contributed by atoms with Crippen LogP contribution in [0.5, 0.6) is 0 Å². The molecule has 0 unspecified atom stereocenters. The Bertz CT molecular complexity index is 816. The number of nitro benzene ring substituents is 1. The highest BCUT2D eigenvalue weighted by Crippen LogP contribution is 2.25. The summed E-state index contributed by atoms with van der Waals surface area (Å²) in [5.41, 5.74) is 3.01. The molecule has 0 aliphatic rings. The number of amides is 1. The van der Waals surface area contributed by atoms with Gasteiger partial charge in [0.15, 0.2) is 0 Å². The molecule has 0 saturated heterocycles. The SMILES string of the molecule is Cc1ccc(NC(=O)/C=C/c2ccc(C(C)(C)C)cc2)c([N+](=O)[O-])c1. The number of rotatable bonds is 4. The monoisotopic (exact) mass is 338 g/mol. The summed E-state index contributed by atoms with van der Waals surface area (Å²) in [6, 6.07) is 12.6. The smallest absolute Gasteiger partial charge is 0.293 e. The number of carbonyl (C=O) groups is 1. The topological polar surface area (TPSA) is 72.2 Å². The Morgan fingerprint density at radius 1 is 1.12 bits per heavy atom. The molecule has 1 N–H and O–H groups in total. The standard InChI is InChI=1S/C20H22N2O3/c1-14-5-11-17(18(13-14)22(24)25)21-19(23)12-8-15-6-9-16(10-7-15)20(2,3)4/h5-13H,1-4H3,(H,21,23)/b12-8+. The Kier molecular flexibility index (Phi) is 5.37. The van der Waals surface area contributed by atoms with Gasteiger partial charge in [-0.05, 0) is 41.2 Å². The van der Waals surface area contributed by atoms with Crippen LogP contribution in [0, 0.1) is 17.0 Å². The van der Waals surface area contributed by atoms with Crippen LogP contribution in [-0.2, 0) is 10.2 Å². The van der Waals surface area contributed by atoms with Crippen molar-refractivity contribution in [2.45, 2.75) is 33.1 Å². The second-order valence-electron chi connectivity index (χ2n) is 6.97. The number of anilines is 1. The van der Waals surface area contributed by atoms with Crippen LogP contribution in [0.2, 0.25) is 0 Å². The fourth-order valence-corrected chi connectivity index (χ4v) is 2.34. The maximum Gasteiger partial charge on any atom is 0.293 e.